The van der Waals surface area contributed by atoms with E-state index in [-0.39, 0.29) is 18.5 Å². The zero-order valence-electron chi connectivity index (χ0n) is 21.2. The zero-order chi connectivity index (χ0) is 27.3. The molecule has 1 atom stereocenters. The third-order valence-corrected chi connectivity index (χ3v) is 7.60. The Labute approximate surface area is 228 Å². The van der Waals surface area contributed by atoms with Crippen molar-refractivity contribution in [1.82, 2.24) is 10.2 Å². The summed E-state index contributed by atoms with van der Waals surface area (Å²) in [5.41, 5.74) is 0.976. The normalized spacial score (nSPS) is 12.4. The minimum atomic E-state index is -3.85. The average molecular weight is 565 g/mol. The Bertz CT molecular complexity index is 1390. The van der Waals surface area contributed by atoms with Crippen LogP contribution >= 0.6 is 23.2 Å². The van der Waals surface area contributed by atoms with Gasteiger partial charge in [0.1, 0.15) is 12.6 Å². The molecule has 10 heteroatoms. The molecule has 0 unspecified atom stereocenters. The van der Waals surface area contributed by atoms with Crippen LogP contribution in [0.2, 0.25) is 10.0 Å². The molecule has 3 aromatic carbocycles. The lowest BCUT2D eigenvalue weighted by molar-refractivity contribution is -0.140. The van der Waals surface area contributed by atoms with Crippen molar-refractivity contribution in [2.45, 2.75) is 45.8 Å². The van der Waals surface area contributed by atoms with Crippen LogP contribution in [0, 0.1) is 0 Å². The number of sulfonamides is 1. The summed E-state index contributed by atoms with van der Waals surface area (Å²) < 4.78 is 27.0. The molecule has 0 bridgehead atoms. The molecular weight excluding hydrogens is 533 g/mol. The number of nitrogens with zero attached hydrogens (tertiary/aromatic N) is 2. The molecule has 1 N–H and O–H groups in total. The fourth-order valence-electron chi connectivity index (χ4n) is 4.15. The standard InChI is InChI=1S/C27H31Cl2N3O4S/c1-5-24(27(34)30-18(2)3)31(16-20-13-14-21(28)15-23(20)29)26(33)17-32(37(4,35)36)25-12-8-10-19-9-6-7-11-22(19)25/h6-15,18,24H,5,16-17H2,1-4H3,(H,30,34)/t24-/m1/s1. The SMILES string of the molecule is CC[C@H](C(=O)NC(C)C)N(Cc1ccc(Cl)cc1Cl)C(=O)CN(c1cccc2ccccc12)S(C)(=O)=O. The number of benzene rings is 3. The second-order valence-corrected chi connectivity index (χ2v) is 11.9. The third-order valence-electron chi connectivity index (χ3n) is 5.89. The van der Waals surface area contributed by atoms with Crippen molar-refractivity contribution < 1.29 is 18.0 Å². The number of nitrogens with one attached hydrogen (secondary N) is 1. The van der Waals surface area contributed by atoms with Crippen molar-refractivity contribution in [1.29, 1.82) is 0 Å². The van der Waals surface area contributed by atoms with E-state index in [0.29, 0.717) is 33.1 Å². The summed E-state index contributed by atoms with van der Waals surface area (Å²) in [6.07, 6.45) is 1.38. The van der Waals surface area contributed by atoms with Crippen LogP contribution in [-0.2, 0) is 26.2 Å². The van der Waals surface area contributed by atoms with Gasteiger partial charge in [-0.3, -0.25) is 13.9 Å². The number of carbonyl (C=O) groups excluding carboxylic acids is 2. The summed E-state index contributed by atoms with van der Waals surface area (Å²) in [6.45, 7) is 4.99. The highest BCUT2D eigenvalue weighted by Crippen LogP contribution is 2.29. The number of rotatable bonds is 10. The second-order valence-electron chi connectivity index (χ2n) is 9.11. The van der Waals surface area contributed by atoms with Crippen LogP contribution in [0.25, 0.3) is 10.8 Å². The highest BCUT2D eigenvalue weighted by atomic mass is 35.5. The first-order chi connectivity index (χ1) is 17.4. The van der Waals surface area contributed by atoms with Crippen LogP contribution in [0.5, 0.6) is 0 Å². The molecule has 2 amide bonds. The lowest BCUT2D eigenvalue weighted by Crippen LogP contribution is -2.53. The molecule has 198 valence electrons. The number of anilines is 1. The predicted molar refractivity (Wildman–Crippen MR) is 151 cm³/mol. The van der Waals surface area contributed by atoms with E-state index in [9.17, 15) is 18.0 Å². The highest BCUT2D eigenvalue weighted by molar-refractivity contribution is 7.92. The largest absolute Gasteiger partial charge is 0.352 e. The van der Waals surface area contributed by atoms with E-state index in [2.05, 4.69) is 5.32 Å². The van der Waals surface area contributed by atoms with Crippen molar-refractivity contribution in [3.63, 3.8) is 0 Å². The van der Waals surface area contributed by atoms with Gasteiger partial charge >= 0.3 is 0 Å². The molecule has 37 heavy (non-hydrogen) atoms. The van der Waals surface area contributed by atoms with E-state index in [1.165, 1.54) is 4.90 Å². The lowest BCUT2D eigenvalue weighted by atomic mass is 10.1. The first kappa shape index (κ1) is 28.8. The fraction of sp³-hybridized carbons (Fsp3) is 0.333. The quantitative estimate of drug-likeness (QED) is 0.365. The molecule has 7 nitrogen and oxygen atoms in total. The van der Waals surface area contributed by atoms with Crippen LogP contribution in [0.1, 0.15) is 32.8 Å². The van der Waals surface area contributed by atoms with Gasteiger partial charge in [0, 0.05) is 28.0 Å². The monoisotopic (exact) mass is 563 g/mol. The Balaban J connectivity index is 2.05. The average Bonchev–Trinajstić information content (AvgIpc) is 2.82. The number of fused-ring (bicyclic) bond motifs is 1. The molecule has 0 aliphatic rings. The van der Waals surface area contributed by atoms with Gasteiger partial charge < -0.3 is 10.2 Å². The van der Waals surface area contributed by atoms with Gasteiger partial charge in [-0.25, -0.2) is 8.42 Å². The molecule has 0 aromatic heterocycles. The van der Waals surface area contributed by atoms with Crippen molar-refractivity contribution in [2.24, 2.45) is 0 Å². The fourth-order valence-corrected chi connectivity index (χ4v) is 5.48. The number of hydrogen-bond acceptors (Lipinski definition) is 4. The maximum absolute atomic E-state index is 13.9. The summed E-state index contributed by atoms with van der Waals surface area (Å²) in [6, 6.07) is 16.6. The Morgan fingerprint density at radius 1 is 1.00 bits per heavy atom. The first-order valence-electron chi connectivity index (χ1n) is 11.9. The van der Waals surface area contributed by atoms with Gasteiger partial charge in [-0.15, -0.1) is 0 Å². The summed E-state index contributed by atoms with van der Waals surface area (Å²) in [5, 5.41) is 5.18. The Morgan fingerprint density at radius 2 is 1.68 bits per heavy atom. The number of amides is 2. The number of halogens is 2. The molecule has 0 fully saturated rings. The van der Waals surface area contributed by atoms with E-state index in [4.69, 9.17) is 23.2 Å². The van der Waals surface area contributed by atoms with Crippen molar-refractivity contribution in [3.8, 4) is 0 Å². The molecule has 0 radical (unpaired) electrons. The molecule has 0 saturated heterocycles. The molecule has 0 spiro atoms. The van der Waals surface area contributed by atoms with Crippen molar-refractivity contribution in [2.75, 3.05) is 17.1 Å². The van der Waals surface area contributed by atoms with Crippen LogP contribution in [0.3, 0.4) is 0 Å². The van der Waals surface area contributed by atoms with Gasteiger partial charge in [-0.1, -0.05) is 72.6 Å². The van der Waals surface area contributed by atoms with Gasteiger partial charge in [-0.05, 0) is 49.4 Å². The van der Waals surface area contributed by atoms with E-state index in [1.54, 1.807) is 37.3 Å². The summed E-state index contributed by atoms with van der Waals surface area (Å²) in [7, 11) is -3.85. The van der Waals surface area contributed by atoms with Crippen molar-refractivity contribution >= 4 is 61.5 Å². The van der Waals surface area contributed by atoms with Crippen LogP contribution in [0.4, 0.5) is 5.69 Å². The van der Waals surface area contributed by atoms with Crippen LogP contribution in [0.15, 0.2) is 60.7 Å². The highest BCUT2D eigenvalue weighted by Gasteiger charge is 2.32. The molecule has 0 aliphatic carbocycles. The van der Waals surface area contributed by atoms with E-state index < -0.39 is 28.5 Å². The summed E-state index contributed by atoms with van der Waals surface area (Å²) in [5.74, 6) is -0.859. The Kier molecular flexibility index (Phi) is 9.45. The molecular formula is C27H31Cl2N3O4S. The third kappa shape index (κ3) is 7.15. The topological polar surface area (TPSA) is 86.8 Å². The summed E-state index contributed by atoms with van der Waals surface area (Å²) in [4.78, 5) is 28.3. The first-order valence-corrected chi connectivity index (χ1v) is 14.5. The second kappa shape index (κ2) is 12.2. The lowest BCUT2D eigenvalue weighted by Gasteiger charge is -2.33. The Hall–Kier alpha value is -2.81. The maximum atomic E-state index is 13.9. The van der Waals surface area contributed by atoms with Crippen molar-refractivity contribution in [3.05, 3.63) is 76.3 Å². The van der Waals surface area contributed by atoms with Gasteiger partial charge in [0.05, 0.1) is 11.9 Å². The zero-order valence-corrected chi connectivity index (χ0v) is 23.6. The van der Waals surface area contributed by atoms with E-state index in [1.807, 2.05) is 44.2 Å². The van der Waals surface area contributed by atoms with Gasteiger partial charge in [0.25, 0.3) is 0 Å². The maximum Gasteiger partial charge on any atom is 0.244 e. The molecule has 0 saturated carbocycles. The van der Waals surface area contributed by atoms with Crippen LogP contribution < -0.4 is 9.62 Å². The summed E-state index contributed by atoms with van der Waals surface area (Å²) >= 11 is 12.4. The number of hydrogen-bond donors (Lipinski definition) is 1. The smallest absolute Gasteiger partial charge is 0.244 e. The molecule has 3 aromatic rings. The van der Waals surface area contributed by atoms with E-state index in [0.717, 1.165) is 15.9 Å². The van der Waals surface area contributed by atoms with Gasteiger partial charge in [-0.2, -0.15) is 0 Å². The molecule has 0 heterocycles. The number of carbonyl (C=O) groups is 2. The minimum absolute atomic E-state index is 0.00595. The minimum Gasteiger partial charge on any atom is -0.352 e. The van der Waals surface area contributed by atoms with E-state index >= 15 is 0 Å². The van der Waals surface area contributed by atoms with Crippen LogP contribution in [-0.4, -0.2) is 50.0 Å². The predicted octanol–water partition coefficient (Wildman–Crippen LogP) is 5.24. The Morgan fingerprint density at radius 3 is 2.30 bits per heavy atom. The molecule has 0 aliphatic heterocycles. The van der Waals surface area contributed by atoms with Gasteiger partial charge in [0.15, 0.2) is 0 Å². The molecule has 3 rings (SSSR count). The van der Waals surface area contributed by atoms with Gasteiger partial charge in [0.2, 0.25) is 21.8 Å².